The summed E-state index contributed by atoms with van der Waals surface area (Å²) in [5.41, 5.74) is 0.659. The molecule has 16 heavy (non-hydrogen) atoms. The van der Waals surface area contributed by atoms with Crippen LogP contribution in [0.1, 0.15) is 47.0 Å². The van der Waals surface area contributed by atoms with Gasteiger partial charge in [0, 0.05) is 31.7 Å². The summed E-state index contributed by atoms with van der Waals surface area (Å²) in [4.78, 5) is 2.76. The van der Waals surface area contributed by atoms with Gasteiger partial charge in [0.1, 0.15) is 0 Å². The lowest BCUT2D eigenvalue weighted by molar-refractivity contribution is 0.0910. The summed E-state index contributed by atoms with van der Waals surface area (Å²) in [6.45, 7) is 13.2. The molecule has 0 radical (unpaired) electrons. The number of nitrogens with one attached hydrogen (secondary N) is 1. The Morgan fingerprint density at radius 1 is 1.38 bits per heavy atom. The largest absolute Gasteiger partial charge is 0.311 e. The minimum absolute atomic E-state index is 0.659. The van der Waals surface area contributed by atoms with Crippen LogP contribution < -0.4 is 5.32 Å². The van der Waals surface area contributed by atoms with E-state index in [0.29, 0.717) is 11.5 Å². The molecule has 0 aromatic rings. The lowest BCUT2D eigenvalue weighted by Crippen LogP contribution is -2.58. The van der Waals surface area contributed by atoms with Gasteiger partial charge in [-0.15, -0.1) is 0 Å². The van der Waals surface area contributed by atoms with Gasteiger partial charge in [0.15, 0.2) is 0 Å². The first-order valence-corrected chi connectivity index (χ1v) is 7.01. The number of hydrogen-bond acceptors (Lipinski definition) is 2. The Morgan fingerprint density at radius 3 is 2.56 bits per heavy atom. The zero-order valence-electron chi connectivity index (χ0n) is 11.4. The molecular formula is C14H28N2. The molecule has 1 saturated carbocycles. The smallest absolute Gasteiger partial charge is 0.0219 e. The van der Waals surface area contributed by atoms with Gasteiger partial charge in [-0.05, 0) is 30.6 Å². The predicted molar refractivity (Wildman–Crippen MR) is 69.6 cm³/mol. The van der Waals surface area contributed by atoms with Crippen LogP contribution in [0.25, 0.3) is 0 Å². The molecule has 0 amide bonds. The van der Waals surface area contributed by atoms with Crippen LogP contribution in [-0.2, 0) is 0 Å². The van der Waals surface area contributed by atoms with Gasteiger partial charge in [0.25, 0.3) is 0 Å². The molecule has 1 N–H and O–H groups in total. The Kier molecular flexibility index (Phi) is 3.60. The summed E-state index contributed by atoms with van der Waals surface area (Å²) in [5, 5.41) is 3.71. The molecule has 2 heteroatoms. The average molecular weight is 224 g/mol. The summed E-state index contributed by atoms with van der Waals surface area (Å²) < 4.78 is 0. The first-order valence-electron chi connectivity index (χ1n) is 7.01. The van der Waals surface area contributed by atoms with Gasteiger partial charge in [-0.25, -0.2) is 0 Å². The highest BCUT2D eigenvalue weighted by Crippen LogP contribution is 2.46. The van der Waals surface area contributed by atoms with Gasteiger partial charge in [-0.1, -0.05) is 27.7 Å². The van der Waals surface area contributed by atoms with Crippen molar-refractivity contribution in [1.82, 2.24) is 10.2 Å². The molecule has 0 aromatic heterocycles. The Hall–Kier alpha value is -0.0800. The minimum atomic E-state index is 0.659. The van der Waals surface area contributed by atoms with E-state index in [4.69, 9.17) is 0 Å². The molecule has 1 heterocycles. The lowest BCUT2D eigenvalue weighted by Gasteiger charge is -2.42. The molecule has 0 aromatic carbocycles. The SMILES string of the molecule is CCC1CNC(C(C)C)CN1CC1(C)CC1. The number of nitrogens with zero attached hydrogens (tertiary/aromatic N) is 1. The van der Waals surface area contributed by atoms with Crippen molar-refractivity contribution in [2.24, 2.45) is 11.3 Å². The second kappa shape index (κ2) is 4.66. The van der Waals surface area contributed by atoms with E-state index in [0.717, 1.165) is 12.0 Å². The first-order chi connectivity index (χ1) is 7.54. The van der Waals surface area contributed by atoms with Crippen molar-refractivity contribution in [2.75, 3.05) is 19.6 Å². The highest BCUT2D eigenvalue weighted by molar-refractivity contribution is 4.96. The van der Waals surface area contributed by atoms with Crippen molar-refractivity contribution < 1.29 is 0 Å². The van der Waals surface area contributed by atoms with E-state index < -0.39 is 0 Å². The third kappa shape index (κ3) is 2.78. The molecule has 1 saturated heterocycles. The molecule has 2 rings (SSSR count). The molecule has 1 aliphatic heterocycles. The standard InChI is InChI=1S/C14H28N2/c1-5-12-8-15-13(11(2)3)9-16(12)10-14(4)6-7-14/h11-13,15H,5-10H2,1-4H3. The zero-order chi connectivity index (χ0) is 11.8. The number of hydrogen-bond donors (Lipinski definition) is 1. The van der Waals surface area contributed by atoms with Crippen molar-refractivity contribution in [3.63, 3.8) is 0 Å². The topological polar surface area (TPSA) is 15.3 Å². The molecule has 2 aliphatic rings. The average Bonchev–Trinajstić information content (AvgIpc) is 2.96. The third-order valence-electron chi connectivity index (χ3n) is 4.53. The van der Waals surface area contributed by atoms with Crippen LogP contribution in [0.15, 0.2) is 0 Å². The van der Waals surface area contributed by atoms with E-state index in [1.54, 1.807) is 0 Å². The molecule has 2 nitrogen and oxygen atoms in total. The Bertz CT molecular complexity index is 233. The second-order valence-corrected chi connectivity index (χ2v) is 6.56. The maximum absolute atomic E-state index is 3.71. The maximum Gasteiger partial charge on any atom is 0.0219 e. The van der Waals surface area contributed by atoms with Crippen molar-refractivity contribution >= 4 is 0 Å². The highest BCUT2D eigenvalue weighted by Gasteiger charge is 2.41. The minimum Gasteiger partial charge on any atom is -0.311 e. The fourth-order valence-electron chi connectivity index (χ4n) is 2.79. The van der Waals surface area contributed by atoms with Gasteiger partial charge in [0.2, 0.25) is 0 Å². The van der Waals surface area contributed by atoms with Crippen molar-refractivity contribution in [1.29, 1.82) is 0 Å². The van der Waals surface area contributed by atoms with Gasteiger partial charge in [-0.3, -0.25) is 4.90 Å². The van der Waals surface area contributed by atoms with E-state index in [1.807, 2.05) is 0 Å². The van der Waals surface area contributed by atoms with E-state index in [1.165, 1.54) is 38.9 Å². The third-order valence-corrected chi connectivity index (χ3v) is 4.53. The quantitative estimate of drug-likeness (QED) is 0.789. The summed E-state index contributed by atoms with van der Waals surface area (Å²) in [5.74, 6) is 0.757. The highest BCUT2D eigenvalue weighted by atomic mass is 15.2. The molecular weight excluding hydrogens is 196 g/mol. The second-order valence-electron chi connectivity index (χ2n) is 6.56. The number of rotatable bonds is 4. The van der Waals surface area contributed by atoms with Crippen molar-refractivity contribution in [3.8, 4) is 0 Å². The van der Waals surface area contributed by atoms with Gasteiger partial charge < -0.3 is 5.32 Å². The van der Waals surface area contributed by atoms with Crippen LogP contribution in [0.4, 0.5) is 0 Å². The van der Waals surface area contributed by atoms with E-state index >= 15 is 0 Å². The molecule has 2 atom stereocenters. The van der Waals surface area contributed by atoms with Gasteiger partial charge in [0.05, 0.1) is 0 Å². The first kappa shape index (κ1) is 12.4. The maximum atomic E-state index is 3.71. The molecule has 1 aliphatic carbocycles. The fraction of sp³-hybridized carbons (Fsp3) is 1.00. The van der Waals surface area contributed by atoms with Crippen molar-refractivity contribution in [2.45, 2.75) is 59.0 Å². The monoisotopic (exact) mass is 224 g/mol. The van der Waals surface area contributed by atoms with Crippen LogP contribution >= 0.6 is 0 Å². The van der Waals surface area contributed by atoms with Crippen LogP contribution in [-0.4, -0.2) is 36.6 Å². The molecule has 0 bridgehead atoms. The van der Waals surface area contributed by atoms with E-state index in [2.05, 4.69) is 37.9 Å². The molecule has 2 fully saturated rings. The zero-order valence-corrected chi connectivity index (χ0v) is 11.4. The summed E-state index contributed by atoms with van der Waals surface area (Å²) in [7, 11) is 0. The molecule has 0 spiro atoms. The summed E-state index contributed by atoms with van der Waals surface area (Å²) >= 11 is 0. The van der Waals surface area contributed by atoms with Crippen LogP contribution in [0.2, 0.25) is 0 Å². The molecule has 2 unspecified atom stereocenters. The lowest BCUT2D eigenvalue weighted by atomic mass is 9.96. The Balaban J connectivity index is 1.93. The van der Waals surface area contributed by atoms with Crippen LogP contribution in [0.3, 0.4) is 0 Å². The Morgan fingerprint density at radius 2 is 2.06 bits per heavy atom. The number of piperazine rings is 1. The normalized spacial score (nSPS) is 34.3. The van der Waals surface area contributed by atoms with Gasteiger partial charge >= 0.3 is 0 Å². The Labute approximate surface area is 101 Å². The van der Waals surface area contributed by atoms with E-state index in [9.17, 15) is 0 Å². The summed E-state index contributed by atoms with van der Waals surface area (Å²) in [6, 6.07) is 1.47. The van der Waals surface area contributed by atoms with Gasteiger partial charge in [-0.2, -0.15) is 0 Å². The van der Waals surface area contributed by atoms with Crippen LogP contribution in [0, 0.1) is 11.3 Å². The predicted octanol–water partition coefficient (Wildman–Crippen LogP) is 2.49. The van der Waals surface area contributed by atoms with E-state index in [-0.39, 0.29) is 0 Å². The van der Waals surface area contributed by atoms with Crippen LogP contribution in [0.5, 0.6) is 0 Å². The van der Waals surface area contributed by atoms with Crippen molar-refractivity contribution in [3.05, 3.63) is 0 Å². The molecule has 94 valence electrons. The fourth-order valence-corrected chi connectivity index (χ4v) is 2.79. The summed E-state index contributed by atoms with van der Waals surface area (Å²) in [6.07, 6.45) is 4.17.